The van der Waals surface area contributed by atoms with E-state index in [1.807, 2.05) is 17.9 Å². The molecule has 0 spiro atoms. The van der Waals surface area contributed by atoms with Gasteiger partial charge in [0, 0.05) is 18.8 Å². The van der Waals surface area contributed by atoms with Crippen LogP contribution < -0.4 is 5.32 Å². The maximum absolute atomic E-state index is 4.26. The van der Waals surface area contributed by atoms with E-state index in [-0.39, 0.29) is 0 Å². The molecule has 1 aromatic heterocycles. The second kappa shape index (κ2) is 4.58. The molecule has 1 fully saturated rings. The van der Waals surface area contributed by atoms with E-state index in [0.29, 0.717) is 5.54 Å². The topological polar surface area (TPSA) is 29.9 Å². The van der Waals surface area contributed by atoms with Gasteiger partial charge in [0.15, 0.2) is 0 Å². The highest BCUT2D eigenvalue weighted by atomic mass is 15.2. The van der Waals surface area contributed by atoms with Crippen molar-refractivity contribution in [1.82, 2.24) is 15.1 Å². The first-order chi connectivity index (χ1) is 7.60. The van der Waals surface area contributed by atoms with Crippen LogP contribution in [0.1, 0.15) is 38.7 Å². The summed E-state index contributed by atoms with van der Waals surface area (Å²) >= 11 is 0. The molecule has 16 heavy (non-hydrogen) atoms. The normalized spacial score (nSPS) is 25.5. The maximum atomic E-state index is 4.26. The van der Waals surface area contributed by atoms with Crippen LogP contribution in [0.4, 0.5) is 0 Å². The van der Waals surface area contributed by atoms with Crippen molar-refractivity contribution in [3.63, 3.8) is 0 Å². The molecule has 1 aliphatic heterocycles. The van der Waals surface area contributed by atoms with Crippen LogP contribution >= 0.6 is 0 Å². The van der Waals surface area contributed by atoms with Crippen molar-refractivity contribution in [2.45, 2.75) is 45.1 Å². The van der Waals surface area contributed by atoms with Crippen molar-refractivity contribution < 1.29 is 0 Å². The Labute approximate surface area is 98.2 Å². The van der Waals surface area contributed by atoms with E-state index in [1.165, 1.54) is 31.4 Å². The third-order valence-corrected chi connectivity index (χ3v) is 3.43. The van der Waals surface area contributed by atoms with Crippen molar-refractivity contribution in [3.05, 3.63) is 18.0 Å². The van der Waals surface area contributed by atoms with Crippen LogP contribution in [0.5, 0.6) is 0 Å². The Morgan fingerprint density at radius 2 is 2.38 bits per heavy atom. The van der Waals surface area contributed by atoms with Crippen molar-refractivity contribution in [2.24, 2.45) is 13.0 Å². The van der Waals surface area contributed by atoms with Crippen LogP contribution in [-0.2, 0) is 13.5 Å². The molecular formula is C13H23N3. The summed E-state index contributed by atoms with van der Waals surface area (Å²) in [5.74, 6) is 0.752. The first-order valence-electron chi connectivity index (χ1n) is 6.32. The second-order valence-electron chi connectivity index (χ2n) is 5.61. The molecule has 1 aliphatic rings. The highest BCUT2D eigenvalue weighted by Crippen LogP contribution is 2.30. The van der Waals surface area contributed by atoms with Crippen LogP contribution in [-0.4, -0.2) is 21.9 Å². The first-order valence-corrected chi connectivity index (χ1v) is 6.32. The molecule has 0 amide bonds. The molecule has 1 saturated heterocycles. The van der Waals surface area contributed by atoms with Gasteiger partial charge in [0.2, 0.25) is 0 Å². The number of hydrogen-bond acceptors (Lipinski definition) is 2. The third kappa shape index (κ3) is 2.64. The van der Waals surface area contributed by atoms with Crippen molar-refractivity contribution >= 4 is 0 Å². The van der Waals surface area contributed by atoms with Crippen LogP contribution in [0.25, 0.3) is 0 Å². The Balaban J connectivity index is 2.08. The number of nitrogens with zero attached hydrogens (tertiary/aromatic N) is 2. The van der Waals surface area contributed by atoms with Gasteiger partial charge in [-0.2, -0.15) is 5.10 Å². The third-order valence-electron chi connectivity index (χ3n) is 3.43. The van der Waals surface area contributed by atoms with Crippen molar-refractivity contribution in [1.29, 1.82) is 0 Å². The average molecular weight is 221 g/mol. The van der Waals surface area contributed by atoms with Crippen LogP contribution in [0.2, 0.25) is 0 Å². The smallest absolute Gasteiger partial charge is 0.0522 e. The molecule has 0 aliphatic carbocycles. The monoisotopic (exact) mass is 221 g/mol. The Bertz CT molecular complexity index is 335. The molecule has 2 rings (SSSR count). The number of rotatable bonds is 4. The highest BCUT2D eigenvalue weighted by molar-refractivity contribution is 5.11. The van der Waals surface area contributed by atoms with Gasteiger partial charge >= 0.3 is 0 Å². The fourth-order valence-electron chi connectivity index (χ4n) is 3.00. The van der Waals surface area contributed by atoms with Gasteiger partial charge in [0.25, 0.3) is 0 Å². The summed E-state index contributed by atoms with van der Waals surface area (Å²) in [4.78, 5) is 0. The van der Waals surface area contributed by atoms with Gasteiger partial charge in [-0.25, -0.2) is 0 Å². The minimum absolute atomic E-state index is 0.331. The quantitative estimate of drug-likeness (QED) is 0.844. The van der Waals surface area contributed by atoms with E-state index in [4.69, 9.17) is 0 Å². The molecule has 0 aromatic carbocycles. The molecule has 0 bridgehead atoms. The lowest BCUT2D eigenvalue weighted by Gasteiger charge is -2.31. The summed E-state index contributed by atoms with van der Waals surface area (Å²) in [6, 6.07) is 0. The molecule has 0 saturated carbocycles. The van der Waals surface area contributed by atoms with Gasteiger partial charge in [-0.3, -0.25) is 4.68 Å². The minimum Gasteiger partial charge on any atom is -0.311 e. The van der Waals surface area contributed by atoms with E-state index in [9.17, 15) is 0 Å². The standard InChI is InChI=1S/C13H23N3/c1-11(2)7-13(5-4-6-14-13)8-12-9-15-16(3)10-12/h9-11,14H,4-8H2,1-3H3. The zero-order valence-corrected chi connectivity index (χ0v) is 10.7. The van der Waals surface area contributed by atoms with E-state index in [0.717, 1.165) is 12.3 Å². The minimum atomic E-state index is 0.331. The summed E-state index contributed by atoms with van der Waals surface area (Å²) in [5.41, 5.74) is 1.69. The second-order valence-corrected chi connectivity index (χ2v) is 5.61. The van der Waals surface area contributed by atoms with Crippen LogP contribution in [0.15, 0.2) is 12.4 Å². The maximum Gasteiger partial charge on any atom is 0.0522 e. The van der Waals surface area contributed by atoms with Crippen LogP contribution in [0, 0.1) is 5.92 Å². The van der Waals surface area contributed by atoms with Gasteiger partial charge in [-0.05, 0) is 43.7 Å². The summed E-state index contributed by atoms with van der Waals surface area (Å²) in [6.45, 7) is 5.79. The first kappa shape index (κ1) is 11.6. The predicted molar refractivity (Wildman–Crippen MR) is 66.3 cm³/mol. The molecule has 0 radical (unpaired) electrons. The summed E-state index contributed by atoms with van der Waals surface area (Å²) in [7, 11) is 1.99. The molecule has 1 N–H and O–H groups in total. The zero-order valence-electron chi connectivity index (χ0n) is 10.7. The molecule has 3 nitrogen and oxygen atoms in total. The summed E-state index contributed by atoms with van der Waals surface area (Å²) in [5, 5.41) is 7.98. The van der Waals surface area contributed by atoms with Gasteiger partial charge < -0.3 is 5.32 Å². The van der Waals surface area contributed by atoms with E-state index >= 15 is 0 Å². The van der Waals surface area contributed by atoms with Crippen LogP contribution in [0.3, 0.4) is 0 Å². The summed E-state index contributed by atoms with van der Waals surface area (Å²) in [6.07, 6.45) is 9.15. The van der Waals surface area contributed by atoms with E-state index in [2.05, 4.69) is 30.5 Å². The Morgan fingerprint density at radius 3 is 2.88 bits per heavy atom. The van der Waals surface area contributed by atoms with Gasteiger partial charge in [0.1, 0.15) is 0 Å². The molecule has 1 atom stereocenters. The number of nitrogens with one attached hydrogen (secondary N) is 1. The average Bonchev–Trinajstić information content (AvgIpc) is 2.76. The van der Waals surface area contributed by atoms with Crippen molar-refractivity contribution in [2.75, 3.05) is 6.54 Å². The lowest BCUT2D eigenvalue weighted by Crippen LogP contribution is -2.43. The van der Waals surface area contributed by atoms with Crippen molar-refractivity contribution in [3.8, 4) is 0 Å². The fraction of sp³-hybridized carbons (Fsp3) is 0.769. The Kier molecular flexibility index (Phi) is 3.33. The zero-order chi connectivity index (χ0) is 11.6. The molecule has 3 heteroatoms. The Hall–Kier alpha value is -0.830. The number of hydrogen-bond donors (Lipinski definition) is 1. The molecule has 90 valence electrons. The SMILES string of the molecule is CC(C)CC1(Cc2cnn(C)c2)CCCN1. The predicted octanol–water partition coefficient (Wildman–Crippen LogP) is 2.13. The molecule has 1 unspecified atom stereocenters. The lowest BCUT2D eigenvalue weighted by atomic mass is 9.83. The molecular weight excluding hydrogens is 198 g/mol. The number of aryl methyl sites for hydroxylation is 1. The van der Waals surface area contributed by atoms with Gasteiger partial charge in [0.05, 0.1) is 6.20 Å². The largest absolute Gasteiger partial charge is 0.311 e. The van der Waals surface area contributed by atoms with E-state index < -0.39 is 0 Å². The highest BCUT2D eigenvalue weighted by Gasteiger charge is 2.34. The van der Waals surface area contributed by atoms with Gasteiger partial charge in [-0.1, -0.05) is 13.8 Å². The summed E-state index contributed by atoms with van der Waals surface area (Å²) < 4.78 is 1.90. The van der Waals surface area contributed by atoms with Gasteiger partial charge in [-0.15, -0.1) is 0 Å². The fourth-order valence-corrected chi connectivity index (χ4v) is 3.00. The molecule has 2 heterocycles. The molecule has 1 aromatic rings. The Morgan fingerprint density at radius 1 is 1.56 bits per heavy atom. The van der Waals surface area contributed by atoms with E-state index in [1.54, 1.807) is 0 Å². The lowest BCUT2D eigenvalue weighted by molar-refractivity contribution is 0.301. The number of aromatic nitrogens is 2.